The summed E-state index contributed by atoms with van der Waals surface area (Å²) in [4.78, 5) is 21.0. The number of para-hydroxylation sites is 2. The summed E-state index contributed by atoms with van der Waals surface area (Å²) in [5, 5.41) is 0. The molecule has 2 aliphatic rings. The van der Waals surface area contributed by atoms with E-state index in [0.717, 1.165) is 105 Å². The maximum Gasteiger partial charge on any atom is 0.164 e. The second kappa shape index (κ2) is 15.9. The lowest BCUT2D eigenvalue weighted by molar-refractivity contribution is -0.109. The highest BCUT2D eigenvalue weighted by molar-refractivity contribution is 8.00. The molecule has 2 atom stereocenters. The van der Waals surface area contributed by atoms with Crippen LogP contribution in [0, 0.1) is 0 Å². The van der Waals surface area contributed by atoms with Gasteiger partial charge in [-0.2, -0.15) is 0 Å². The molecule has 0 bridgehead atoms. The number of unbranched alkanes of at least 4 members (excludes halogenated alkanes) is 1. The third-order valence-electron chi connectivity index (χ3n) is 9.50. The number of piperazine rings is 1. The van der Waals surface area contributed by atoms with Gasteiger partial charge in [-0.05, 0) is 62.1 Å². The van der Waals surface area contributed by atoms with Gasteiger partial charge in [-0.25, -0.2) is 0 Å². The van der Waals surface area contributed by atoms with Crippen molar-refractivity contribution < 1.29 is 23.7 Å². The molecule has 0 aromatic heterocycles. The number of ether oxygens (including phenoxy) is 4. The smallest absolute Gasteiger partial charge is 0.164 e. The van der Waals surface area contributed by atoms with Gasteiger partial charge >= 0.3 is 0 Å². The van der Waals surface area contributed by atoms with Crippen molar-refractivity contribution in [2.45, 2.75) is 48.3 Å². The fraction of sp³-hybridized carbons (Fsp3) is 0.486. The molecule has 3 aromatic carbocycles. The van der Waals surface area contributed by atoms with E-state index >= 15 is 0 Å². The average molecular weight is 648 g/mol. The fourth-order valence-electron chi connectivity index (χ4n) is 6.81. The number of hydrogen-bond acceptors (Lipinski definition) is 9. The molecule has 0 spiro atoms. The normalized spacial score (nSPS) is 20.2. The first kappa shape index (κ1) is 33.9. The number of methoxy groups -OCH3 is 3. The van der Waals surface area contributed by atoms with E-state index in [4.69, 9.17) is 18.9 Å². The Balaban J connectivity index is 1.10. The predicted molar refractivity (Wildman–Crippen MR) is 186 cm³/mol. The van der Waals surface area contributed by atoms with Gasteiger partial charge in [0.05, 0.1) is 38.4 Å². The van der Waals surface area contributed by atoms with Gasteiger partial charge in [-0.3, -0.25) is 0 Å². The number of fused-ring (bicyclic) bond motifs is 1. The van der Waals surface area contributed by atoms with E-state index in [2.05, 4.69) is 58.0 Å². The molecule has 0 aliphatic carbocycles. The lowest BCUT2D eigenvalue weighted by atomic mass is 9.86. The van der Waals surface area contributed by atoms with E-state index in [1.165, 1.54) is 4.90 Å². The highest BCUT2D eigenvalue weighted by atomic mass is 32.2. The number of carbonyl (C=O) groups is 1. The Morgan fingerprint density at radius 2 is 1.48 bits per heavy atom. The summed E-state index contributed by atoms with van der Waals surface area (Å²) in [6.45, 7) is 9.16. The molecule has 0 saturated carbocycles. The summed E-state index contributed by atoms with van der Waals surface area (Å²) in [5.41, 5.74) is 3.34. The molecule has 0 radical (unpaired) electrons. The van der Waals surface area contributed by atoms with Gasteiger partial charge in [-0.15, -0.1) is 11.8 Å². The van der Waals surface area contributed by atoms with E-state index in [-0.39, 0.29) is 6.04 Å². The highest BCUT2D eigenvalue weighted by Crippen LogP contribution is 2.56. The quantitative estimate of drug-likeness (QED) is 0.143. The number of nitrogens with zero attached hydrogens (tertiary/aromatic N) is 3. The number of rotatable bonds is 15. The summed E-state index contributed by atoms with van der Waals surface area (Å²) in [7, 11) is 7.04. The van der Waals surface area contributed by atoms with Crippen LogP contribution in [0.4, 0.5) is 5.69 Å². The van der Waals surface area contributed by atoms with E-state index < -0.39 is 4.75 Å². The number of benzene rings is 3. The van der Waals surface area contributed by atoms with E-state index in [1.54, 1.807) is 33.1 Å². The first-order chi connectivity index (χ1) is 22.5. The number of carbonyl (C=O) groups excluding carboxylic acids is 1. The zero-order chi connectivity index (χ0) is 32.5. The van der Waals surface area contributed by atoms with Crippen LogP contribution in [-0.2, 0) is 16.0 Å². The Hall–Kier alpha value is -3.40. The molecule has 2 aliphatic heterocycles. The zero-order valence-corrected chi connectivity index (χ0v) is 28.8. The van der Waals surface area contributed by atoms with Gasteiger partial charge in [0.25, 0.3) is 0 Å². The lowest BCUT2D eigenvalue weighted by Gasteiger charge is -2.47. The Morgan fingerprint density at radius 3 is 2.17 bits per heavy atom. The second-order valence-electron chi connectivity index (χ2n) is 12.0. The maximum absolute atomic E-state index is 12.6. The SMILES string of the molecule is CCC1(c2ccccc2OCCCCN2CCN(CCc3cc(OC)c(OC)cc3OC)CC2)Sc2ccccc2N(C)C1C=O. The number of hydrogen-bond donors (Lipinski definition) is 0. The van der Waals surface area contributed by atoms with E-state index in [9.17, 15) is 4.79 Å². The maximum atomic E-state index is 12.6. The van der Waals surface area contributed by atoms with Crippen molar-refractivity contribution in [1.82, 2.24) is 9.80 Å². The van der Waals surface area contributed by atoms with E-state index in [0.29, 0.717) is 12.4 Å². The van der Waals surface area contributed by atoms with Gasteiger partial charge in [0.2, 0.25) is 0 Å². The Labute approximate surface area is 278 Å². The first-order valence-electron chi connectivity index (χ1n) is 16.4. The van der Waals surface area contributed by atoms with Crippen molar-refractivity contribution in [3.8, 4) is 23.0 Å². The number of thioether (sulfide) groups is 1. The van der Waals surface area contributed by atoms with E-state index in [1.807, 2.05) is 31.3 Å². The molecule has 1 fully saturated rings. The first-order valence-corrected chi connectivity index (χ1v) is 17.2. The number of anilines is 1. The molecule has 2 unspecified atom stereocenters. The van der Waals surface area contributed by atoms with Crippen molar-refractivity contribution in [1.29, 1.82) is 0 Å². The molecule has 1 saturated heterocycles. The second-order valence-corrected chi connectivity index (χ2v) is 13.4. The monoisotopic (exact) mass is 647 g/mol. The topological polar surface area (TPSA) is 63.7 Å². The third-order valence-corrected chi connectivity index (χ3v) is 11.2. The van der Waals surface area contributed by atoms with Crippen molar-refractivity contribution in [3.05, 3.63) is 71.8 Å². The minimum atomic E-state index is -0.425. The summed E-state index contributed by atoms with van der Waals surface area (Å²) in [6, 6.07) is 20.3. The summed E-state index contributed by atoms with van der Waals surface area (Å²) in [5.74, 6) is 3.14. The summed E-state index contributed by atoms with van der Waals surface area (Å²) >= 11 is 1.80. The number of likely N-dealkylation sites (N-methyl/N-ethyl adjacent to an activating group) is 1. The van der Waals surface area contributed by atoms with Gasteiger partial charge in [0, 0.05) is 56.3 Å². The number of aldehydes is 1. The van der Waals surface area contributed by atoms with Crippen molar-refractivity contribution in [3.63, 3.8) is 0 Å². The molecule has 5 rings (SSSR count). The Morgan fingerprint density at radius 1 is 0.826 bits per heavy atom. The lowest BCUT2D eigenvalue weighted by Crippen LogP contribution is -2.51. The molecule has 3 aromatic rings. The molecule has 248 valence electrons. The third kappa shape index (κ3) is 7.27. The largest absolute Gasteiger partial charge is 0.496 e. The Bertz CT molecular complexity index is 1450. The van der Waals surface area contributed by atoms with Crippen molar-refractivity contribution in [2.75, 3.05) is 79.2 Å². The van der Waals surface area contributed by atoms with Crippen LogP contribution in [0.2, 0.25) is 0 Å². The van der Waals surface area contributed by atoms with Gasteiger partial charge < -0.3 is 38.4 Å². The van der Waals surface area contributed by atoms with Crippen LogP contribution in [0.25, 0.3) is 0 Å². The van der Waals surface area contributed by atoms with Crippen molar-refractivity contribution >= 4 is 23.7 Å². The molecular formula is C37H49N3O5S. The minimum absolute atomic E-state index is 0.290. The minimum Gasteiger partial charge on any atom is -0.496 e. The summed E-state index contributed by atoms with van der Waals surface area (Å²) in [6.07, 6.45) is 4.89. The average Bonchev–Trinajstić information content (AvgIpc) is 3.10. The van der Waals surface area contributed by atoms with Gasteiger partial charge in [0.1, 0.15) is 23.8 Å². The van der Waals surface area contributed by atoms with Gasteiger partial charge in [-0.1, -0.05) is 37.3 Å². The molecule has 46 heavy (non-hydrogen) atoms. The predicted octanol–water partition coefficient (Wildman–Crippen LogP) is 6.15. The van der Waals surface area contributed by atoms with Crippen molar-refractivity contribution in [2.24, 2.45) is 0 Å². The molecule has 0 amide bonds. The standard InChI is InChI=1S/C37H49N3O5S/c1-6-37(36(27-41)38(2)30-14-8-10-16-35(30)46-37)29-13-7-9-15-31(29)45-24-12-11-18-39-20-22-40(23-21-39)19-17-28-25-33(43-4)34(44-5)26-32(28)42-3/h7-10,13-16,25-27,36H,6,11-12,17-24H2,1-5H3. The molecule has 9 heteroatoms. The van der Waals surface area contributed by atoms with Crippen LogP contribution in [0.15, 0.2) is 65.6 Å². The molecule has 0 N–H and O–H groups in total. The van der Waals surface area contributed by atoms with Crippen LogP contribution >= 0.6 is 11.8 Å². The van der Waals surface area contributed by atoms with Crippen LogP contribution in [0.3, 0.4) is 0 Å². The van der Waals surface area contributed by atoms with Crippen LogP contribution in [0.1, 0.15) is 37.3 Å². The zero-order valence-electron chi connectivity index (χ0n) is 28.0. The van der Waals surface area contributed by atoms with Crippen LogP contribution < -0.4 is 23.8 Å². The molecular weight excluding hydrogens is 598 g/mol. The van der Waals surface area contributed by atoms with Crippen LogP contribution in [-0.4, -0.2) is 96.4 Å². The molecule has 2 heterocycles. The fourth-order valence-corrected chi connectivity index (χ4v) is 8.42. The summed E-state index contributed by atoms with van der Waals surface area (Å²) < 4.78 is 22.6. The van der Waals surface area contributed by atoms with Crippen LogP contribution in [0.5, 0.6) is 23.0 Å². The molecule has 8 nitrogen and oxygen atoms in total. The Kier molecular flexibility index (Phi) is 11.8. The highest BCUT2D eigenvalue weighted by Gasteiger charge is 2.48. The van der Waals surface area contributed by atoms with Gasteiger partial charge in [0.15, 0.2) is 11.5 Å².